The Balaban J connectivity index is 1.39. The van der Waals surface area contributed by atoms with Crippen molar-refractivity contribution in [3.05, 3.63) is 83.2 Å². The Kier molecular flexibility index (Phi) is 4.00. The van der Waals surface area contributed by atoms with E-state index in [4.69, 9.17) is 4.52 Å². The number of aromatic nitrogens is 5. The summed E-state index contributed by atoms with van der Waals surface area (Å²) in [6.45, 7) is 3.80. The summed E-state index contributed by atoms with van der Waals surface area (Å²) in [6.07, 6.45) is 3.28. The van der Waals surface area contributed by atoms with E-state index in [-0.39, 0.29) is 17.7 Å². The largest absolute Gasteiger partial charge is 0.334 e. The summed E-state index contributed by atoms with van der Waals surface area (Å²) in [6, 6.07) is 14.1. The fraction of sp³-hybridized carbons (Fsp3) is 0.0833. The fourth-order valence-electron chi connectivity index (χ4n) is 4.00. The van der Waals surface area contributed by atoms with Gasteiger partial charge in [-0.1, -0.05) is 17.3 Å². The quantitative estimate of drug-likeness (QED) is 0.395. The topological polar surface area (TPSA) is 106 Å². The van der Waals surface area contributed by atoms with Crippen LogP contribution in [0.25, 0.3) is 28.6 Å². The van der Waals surface area contributed by atoms with E-state index in [0.29, 0.717) is 39.5 Å². The fourth-order valence-corrected chi connectivity index (χ4v) is 4.00. The van der Waals surface area contributed by atoms with Crippen LogP contribution in [0.2, 0.25) is 0 Å². The highest BCUT2D eigenvalue weighted by atomic mass is 16.5. The average Bonchev–Trinajstić information content (AvgIpc) is 3.55. The van der Waals surface area contributed by atoms with Gasteiger partial charge in [0.15, 0.2) is 5.65 Å². The van der Waals surface area contributed by atoms with E-state index in [1.165, 1.54) is 4.90 Å². The lowest BCUT2D eigenvalue weighted by Crippen LogP contribution is -2.30. The molecule has 3 aromatic heterocycles. The van der Waals surface area contributed by atoms with Gasteiger partial charge in [-0.2, -0.15) is 10.1 Å². The summed E-state index contributed by atoms with van der Waals surface area (Å²) < 4.78 is 7.08. The zero-order valence-corrected chi connectivity index (χ0v) is 17.7. The molecular weight excluding hydrogens is 420 g/mol. The molecule has 2 amide bonds. The van der Waals surface area contributed by atoms with Crippen LogP contribution in [0.4, 0.5) is 5.69 Å². The molecule has 0 atom stereocenters. The minimum absolute atomic E-state index is 0.232. The Bertz CT molecular complexity index is 1600. The van der Waals surface area contributed by atoms with Crippen LogP contribution in [0.15, 0.2) is 65.4 Å². The number of nitrogens with zero attached hydrogens (tertiary/aromatic N) is 6. The lowest BCUT2D eigenvalue weighted by molar-refractivity contribution is 0.0926. The van der Waals surface area contributed by atoms with Crippen molar-refractivity contribution in [2.24, 2.45) is 0 Å². The number of anilines is 1. The molecule has 0 fully saturated rings. The maximum absolute atomic E-state index is 13.2. The number of carbonyl (C=O) groups excluding carboxylic acids is 2. The normalized spacial score (nSPS) is 13.2. The molecule has 0 saturated carbocycles. The van der Waals surface area contributed by atoms with E-state index >= 15 is 0 Å². The number of benzene rings is 2. The summed E-state index contributed by atoms with van der Waals surface area (Å²) in [5, 5.41) is 8.30. The molecule has 9 heteroatoms. The van der Waals surface area contributed by atoms with Crippen LogP contribution in [0.1, 0.15) is 31.8 Å². The Labute approximate surface area is 187 Å². The number of hydrogen-bond acceptors (Lipinski definition) is 7. The second kappa shape index (κ2) is 6.92. The molecule has 1 aliphatic heterocycles. The number of amides is 2. The molecule has 0 N–H and O–H groups in total. The smallest absolute Gasteiger partial charge is 0.266 e. The highest BCUT2D eigenvalue weighted by Gasteiger charge is 2.37. The standard InChI is InChI=1S/C24H16N6O3/c1-13-3-4-14(2)19(11-13)29-23(31)16-6-5-15(12-17(16)24(29)32)22-27-21(28-33-22)18-7-9-25-20-8-10-26-30(18)20/h3-12H,1-2H3. The summed E-state index contributed by atoms with van der Waals surface area (Å²) in [4.78, 5) is 36.2. The van der Waals surface area contributed by atoms with Crippen LogP contribution in [0, 0.1) is 13.8 Å². The molecule has 1 aliphatic rings. The summed E-state index contributed by atoms with van der Waals surface area (Å²) in [7, 11) is 0. The molecule has 6 rings (SSSR count). The lowest BCUT2D eigenvalue weighted by Gasteiger charge is -2.17. The van der Waals surface area contributed by atoms with Crippen molar-refractivity contribution >= 4 is 23.1 Å². The predicted molar refractivity (Wildman–Crippen MR) is 119 cm³/mol. The Morgan fingerprint density at radius 2 is 1.73 bits per heavy atom. The molecule has 0 bridgehead atoms. The van der Waals surface area contributed by atoms with Gasteiger partial charge in [0.1, 0.15) is 5.69 Å². The van der Waals surface area contributed by atoms with Crippen molar-refractivity contribution in [2.45, 2.75) is 13.8 Å². The van der Waals surface area contributed by atoms with Crippen LogP contribution < -0.4 is 4.90 Å². The van der Waals surface area contributed by atoms with Gasteiger partial charge in [-0.3, -0.25) is 9.59 Å². The Hall–Kier alpha value is -4.66. The van der Waals surface area contributed by atoms with Gasteiger partial charge in [-0.25, -0.2) is 14.4 Å². The SMILES string of the molecule is Cc1ccc(C)c(N2C(=O)c3ccc(-c4nc(-c5ccnc6ccnn56)no4)cc3C2=O)c1. The van der Waals surface area contributed by atoms with E-state index in [1.807, 2.05) is 32.0 Å². The van der Waals surface area contributed by atoms with E-state index in [0.717, 1.165) is 11.1 Å². The van der Waals surface area contributed by atoms with Crippen LogP contribution in [-0.2, 0) is 0 Å². The van der Waals surface area contributed by atoms with Crippen molar-refractivity contribution < 1.29 is 14.1 Å². The number of aryl methyl sites for hydroxylation is 2. The zero-order valence-electron chi connectivity index (χ0n) is 17.7. The van der Waals surface area contributed by atoms with E-state index < -0.39 is 0 Å². The first kappa shape index (κ1) is 19.1. The Morgan fingerprint density at radius 1 is 0.879 bits per heavy atom. The van der Waals surface area contributed by atoms with Crippen molar-refractivity contribution in [1.29, 1.82) is 0 Å². The first-order valence-corrected chi connectivity index (χ1v) is 10.2. The molecule has 0 aliphatic carbocycles. The minimum Gasteiger partial charge on any atom is -0.334 e. The van der Waals surface area contributed by atoms with Crippen molar-refractivity contribution in [2.75, 3.05) is 4.90 Å². The molecule has 5 aromatic rings. The number of carbonyl (C=O) groups is 2. The van der Waals surface area contributed by atoms with Crippen molar-refractivity contribution in [1.82, 2.24) is 24.7 Å². The third-order valence-corrected chi connectivity index (χ3v) is 5.68. The maximum Gasteiger partial charge on any atom is 0.266 e. The molecule has 33 heavy (non-hydrogen) atoms. The molecule has 0 radical (unpaired) electrons. The van der Waals surface area contributed by atoms with Gasteiger partial charge in [0, 0.05) is 17.8 Å². The number of fused-ring (bicyclic) bond motifs is 2. The summed E-state index contributed by atoms with van der Waals surface area (Å²) in [5.74, 6) is -0.159. The van der Waals surface area contributed by atoms with Crippen LogP contribution in [0.3, 0.4) is 0 Å². The van der Waals surface area contributed by atoms with Gasteiger partial charge in [-0.05, 0) is 55.3 Å². The molecule has 9 nitrogen and oxygen atoms in total. The van der Waals surface area contributed by atoms with Gasteiger partial charge in [0.05, 0.1) is 23.0 Å². The number of rotatable bonds is 3. The molecule has 160 valence electrons. The van der Waals surface area contributed by atoms with Gasteiger partial charge >= 0.3 is 0 Å². The van der Waals surface area contributed by atoms with E-state index in [9.17, 15) is 9.59 Å². The molecule has 2 aromatic carbocycles. The van der Waals surface area contributed by atoms with Crippen LogP contribution in [-0.4, -0.2) is 36.6 Å². The van der Waals surface area contributed by atoms with E-state index in [2.05, 4.69) is 20.2 Å². The third-order valence-electron chi connectivity index (χ3n) is 5.68. The zero-order chi connectivity index (χ0) is 22.7. The lowest BCUT2D eigenvalue weighted by atomic mass is 10.1. The highest BCUT2D eigenvalue weighted by molar-refractivity contribution is 6.34. The maximum atomic E-state index is 13.2. The van der Waals surface area contributed by atoms with Crippen LogP contribution in [0.5, 0.6) is 0 Å². The second-order valence-corrected chi connectivity index (χ2v) is 7.85. The molecule has 0 unspecified atom stereocenters. The third kappa shape index (κ3) is 2.86. The van der Waals surface area contributed by atoms with Gasteiger partial charge in [-0.15, -0.1) is 0 Å². The molecule has 4 heterocycles. The molecule has 0 spiro atoms. The summed E-state index contributed by atoms with van der Waals surface area (Å²) in [5.41, 5.74) is 4.87. The van der Waals surface area contributed by atoms with Crippen molar-refractivity contribution in [3.63, 3.8) is 0 Å². The molecular formula is C24H16N6O3. The average molecular weight is 436 g/mol. The molecule has 0 saturated heterocycles. The van der Waals surface area contributed by atoms with Crippen molar-refractivity contribution in [3.8, 4) is 23.0 Å². The van der Waals surface area contributed by atoms with Gasteiger partial charge in [0.2, 0.25) is 5.82 Å². The van der Waals surface area contributed by atoms with Gasteiger partial charge in [0.25, 0.3) is 17.7 Å². The second-order valence-electron chi connectivity index (χ2n) is 7.85. The highest BCUT2D eigenvalue weighted by Crippen LogP contribution is 2.33. The van der Waals surface area contributed by atoms with E-state index in [1.54, 1.807) is 47.2 Å². The minimum atomic E-state index is -0.377. The monoisotopic (exact) mass is 436 g/mol. The first-order chi connectivity index (χ1) is 16.0. The number of hydrogen-bond donors (Lipinski definition) is 0. The van der Waals surface area contributed by atoms with Gasteiger partial charge < -0.3 is 4.52 Å². The Morgan fingerprint density at radius 3 is 2.61 bits per heavy atom. The van der Waals surface area contributed by atoms with Crippen LogP contribution >= 0.6 is 0 Å². The predicted octanol–water partition coefficient (Wildman–Crippen LogP) is 3.86. The summed E-state index contributed by atoms with van der Waals surface area (Å²) >= 11 is 0. The number of imide groups is 1. The first-order valence-electron chi connectivity index (χ1n) is 10.2.